The van der Waals surface area contributed by atoms with Gasteiger partial charge in [0, 0.05) is 12.7 Å². The number of aromatic nitrogens is 2. The minimum absolute atomic E-state index is 0.220. The Morgan fingerprint density at radius 3 is 2.84 bits per heavy atom. The van der Waals surface area contributed by atoms with Crippen LogP contribution in [0.15, 0.2) is 27.5 Å². The molecule has 4 nitrogen and oxygen atoms in total. The van der Waals surface area contributed by atoms with E-state index >= 15 is 0 Å². The molecule has 1 aromatic carbocycles. The minimum Gasteiger partial charge on any atom is -0.378 e. The van der Waals surface area contributed by atoms with Crippen molar-refractivity contribution in [1.29, 1.82) is 0 Å². The molecule has 100 valence electrons. The number of nitrogens with one attached hydrogen (secondary N) is 1. The zero-order valence-corrected chi connectivity index (χ0v) is 12.0. The molecule has 19 heavy (non-hydrogen) atoms. The predicted molar refractivity (Wildman–Crippen MR) is 73.4 cm³/mol. The Bertz CT molecular complexity index is 670. The number of aryl methyl sites for hydroxylation is 1. The van der Waals surface area contributed by atoms with Crippen molar-refractivity contribution in [3.8, 4) is 11.4 Å². The first-order valence-electron chi connectivity index (χ1n) is 5.57. The van der Waals surface area contributed by atoms with Gasteiger partial charge in [-0.1, -0.05) is 0 Å². The summed E-state index contributed by atoms with van der Waals surface area (Å²) >= 11 is 3.17. The number of hydrogen-bond donors (Lipinski definition) is 1. The van der Waals surface area contributed by atoms with Gasteiger partial charge in [0.25, 0.3) is 5.56 Å². The van der Waals surface area contributed by atoms with Crippen LogP contribution in [0.2, 0.25) is 0 Å². The van der Waals surface area contributed by atoms with Crippen LogP contribution in [0.3, 0.4) is 0 Å². The molecule has 2 aromatic rings. The molecule has 1 aromatic heterocycles. The molecule has 0 fully saturated rings. The third-order valence-corrected chi connectivity index (χ3v) is 3.46. The van der Waals surface area contributed by atoms with Gasteiger partial charge in [0.05, 0.1) is 12.3 Å². The Labute approximate surface area is 117 Å². The van der Waals surface area contributed by atoms with E-state index in [1.54, 1.807) is 19.1 Å². The van der Waals surface area contributed by atoms with E-state index in [0.29, 0.717) is 27.1 Å². The van der Waals surface area contributed by atoms with Gasteiger partial charge < -0.3 is 9.72 Å². The molecule has 0 aliphatic rings. The topological polar surface area (TPSA) is 55.0 Å². The molecule has 0 bridgehead atoms. The molecule has 0 aliphatic carbocycles. The normalized spacial score (nSPS) is 10.7. The van der Waals surface area contributed by atoms with Crippen LogP contribution in [-0.2, 0) is 11.3 Å². The summed E-state index contributed by atoms with van der Waals surface area (Å²) in [6, 6.07) is 4.56. The van der Waals surface area contributed by atoms with Gasteiger partial charge in [0.2, 0.25) is 0 Å². The van der Waals surface area contributed by atoms with Crippen molar-refractivity contribution in [2.24, 2.45) is 0 Å². The number of H-pyrrole nitrogens is 1. The highest BCUT2D eigenvalue weighted by molar-refractivity contribution is 9.10. The maximum absolute atomic E-state index is 13.2. The first-order valence-corrected chi connectivity index (χ1v) is 6.36. The summed E-state index contributed by atoms with van der Waals surface area (Å²) in [6.07, 6.45) is 0. The Balaban J connectivity index is 2.56. The average Bonchev–Trinajstić information content (AvgIpc) is 2.38. The van der Waals surface area contributed by atoms with Crippen LogP contribution in [0.25, 0.3) is 11.4 Å². The SMILES string of the molecule is COCc1nc(-c2ccc(F)c(C)c2)[nH]c(=O)c1Br. The van der Waals surface area contributed by atoms with Crippen molar-refractivity contribution >= 4 is 15.9 Å². The molecule has 0 saturated heterocycles. The summed E-state index contributed by atoms with van der Waals surface area (Å²) in [5, 5.41) is 0. The van der Waals surface area contributed by atoms with E-state index in [2.05, 4.69) is 25.9 Å². The Kier molecular flexibility index (Phi) is 4.11. The molecular formula is C13H12BrFN2O2. The molecule has 0 radical (unpaired) electrons. The number of rotatable bonds is 3. The van der Waals surface area contributed by atoms with E-state index in [-0.39, 0.29) is 18.0 Å². The summed E-state index contributed by atoms with van der Waals surface area (Å²) in [6.45, 7) is 1.88. The molecule has 6 heteroatoms. The van der Waals surface area contributed by atoms with E-state index in [1.165, 1.54) is 13.2 Å². The van der Waals surface area contributed by atoms with Crippen LogP contribution >= 0.6 is 15.9 Å². The molecule has 2 rings (SSSR count). The van der Waals surface area contributed by atoms with E-state index in [1.807, 2.05) is 0 Å². The van der Waals surface area contributed by atoms with Gasteiger partial charge in [-0.15, -0.1) is 0 Å². The summed E-state index contributed by atoms with van der Waals surface area (Å²) in [5.74, 6) is 0.101. The lowest BCUT2D eigenvalue weighted by atomic mass is 10.1. The standard InChI is InChI=1S/C13H12BrFN2O2/c1-7-5-8(3-4-9(7)15)12-16-10(6-19-2)11(14)13(18)17-12/h3-5H,6H2,1-2H3,(H,16,17,18). The van der Waals surface area contributed by atoms with Crippen LogP contribution in [0.1, 0.15) is 11.3 Å². The van der Waals surface area contributed by atoms with Crippen LogP contribution in [0.4, 0.5) is 4.39 Å². The van der Waals surface area contributed by atoms with Crippen molar-refractivity contribution in [2.75, 3.05) is 7.11 Å². The number of hydrogen-bond acceptors (Lipinski definition) is 3. The van der Waals surface area contributed by atoms with Crippen molar-refractivity contribution in [3.05, 3.63) is 50.1 Å². The Morgan fingerprint density at radius 2 is 2.21 bits per heavy atom. The number of halogens is 2. The van der Waals surface area contributed by atoms with Crippen LogP contribution in [0, 0.1) is 12.7 Å². The summed E-state index contributed by atoms with van der Waals surface area (Å²) < 4.78 is 18.6. The monoisotopic (exact) mass is 326 g/mol. The quantitative estimate of drug-likeness (QED) is 0.943. The lowest BCUT2D eigenvalue weighted by molar-refractivity contribution is 0.180. The van der Waals surface area contributed by atoms with Gasteiger partial charge in [-0.25, -0.2) is 9.37 Å². The van der Waals surface area contributed by atoms with Crippen molar-refractivity contribution in [2.45, 2.75) is 13.5 Å². The second-order valence-corrected chi connectivity index (χ2v) is 4.87. The highest BCUT2D eigenvalue weighted by Gasteiger charge is 2.11. The Hall–Kier alpha value is -1.53. The zero-order valence-electron chi connectivity index (χ0n) is 10.5. The van der Waals surface area contributed by atoms with Crippen LogP contribution in [-0.4, -0.2) is 17.1 Å². The van der Waals surface area contributed by atoms with E-state index in [4.69, 9.17) is 4.74 Å². The van der Waals surface area contributed by atoms with E-state index < -0.39 is 0 Å². The molecule has 1 N–H and O–H groups in total. The molecule has 0 unspecified atom stereocenters. The maximum atomic E-state index is 13.2. The fourth-order valence-electron chi connectivity index (χ4n) is 1.67. The first-order chi connectivity index (χ1) is 9.02. The van der Waals surface area contributed by atoms with Crippen LogP contribution < -0.4 is 5.56 Å². The smallest absolute Gasteiger partial charge is 0.265 e. The van der Waals surface area contributed by atoms with Crippen molar-refractivity contribution < 1.29 is 9.13 Å². The van der Waals surface area contributed by atoms with E-state index in [9.17, 15) is 9.18 Å². The molecule has 1 heterocycles. The van der Waals surface area contributed by atoms with Gasteiger partial charge in [-0.05, 0) is 46.6 Å². The van der Waals surface area contributed by atoms with Gasteiger partial charge in [-0.2, -0.15) is 0 Å². The van der Waals surface area contributed by atoms with Gasteiger partial charge in [0.15, 0.2) is 0 Å². The maximum Gasteiger partial charge on any atom is 0.265 e. The van der Waals surface area contributed by atoms with Gasteiger partial charge in [-0.3, -0.25) is 4.79 Å². The fourth-order valence-corrected chi connectivity index (χ4v) is 1.97. The lowest BCUT2D eigenvalue weighted by Crippen LogP contribution is -2.14. The Morgan fingerprint density at radius 1 is 1.47 bits per heavy atom. The average molecular weight is 327 g/mol. The van der Waals surface area contributed by atoms with Gasteiger partial charge >= 0.3 is 0 Å². The molecular weight excluding hydrogens is 315 g/mol. The summed E-state index contributed by atoms with van der Waals surface area (Å²) in [4.78, 5) is 18.7. The van der Waals surface area contributed by atoms with Crippen molar-refractivity contribution in [3.63, 3.8) is 0 Å². The van der Waals surface area contributed by atoms with E-state index in [0.717, 1.165) is 0 Å². The highest BCUT2D eigenvalue weighted by atomic mass is 79.9. The first kappa shape index (κ1) is 13.9. The number of ether oxygens (including phenoxy) is 1. The lowest BCUT2D eigenvalue weighted by Gasteiger charge is -2.07. The third kappa shape index (κ3) is 2.90. The minimum atomic E-state index is -0.293. The largest absolute Gasteiger partial charge is 0.378 e. The fraction of sp³-hybridized carbons (Fsp3) is 0.231. The van der Waals surface area contributed by atoms with Crippen LogP contribution in [0.5, 0.6) is 0 Å². The zero-order chi connectivity index (χ0) is 14.0. The van der Waals surface area contributed by atoms with Gasteiger partial charge in [0.1, 0.15) is 16.1 Å². The molecule has 0 aliphatic heterocycles. The molecule has 0 amide bonds. The summed E-state index contributed by atoms with van der Waals surface area (Å²) in [5.41, 5.74) is 1.36. The molecule has 0 spiro atoms. The number of methoxy groups -OCH3 is 1. The predicted octanol–water partition coefficient (Wildman–Crippen LogP) is 2.79. The number of aromatic amines is 1. The second kappa shape index (κ2) is 5.63. The highest BCUT2D eigenvalue weighted by Crippen LogP contribution is 2.20. The van der Waals surface area contributed by atoms with Crippen molar-refractivity contribution in [1.82, 2.24) is 9.97 Å². The summed E-state index contributed by atoms with van der Waals surface area (Å²) in [7, 11) is 1.52. The third-order valence-electron chi connectivity index (χ3n) is 2.64. The number of benzene rings is 1. The second-order valence-electron chi connectivity index (χ2n) is 4.07. The number of nitrogens with zero attached hydrogens (tertiary/aromatic N) is 1. The molecule has 0 atom stereocenters. The molecule has 0 saturated carbocycles.